The van der Waals surface area contributed by atoms with Crippen LogP contribution in [0, 0.1) is 13.8 Å². The molecule has 0 saturated carbocycles. The van der Waals surface area contributed by atoms with E-state index in [4.69, 9.17) is 4.74 Å². The smallest absolute Gasteiger partial charge is 0.125 e. The lowest BCUT2D eigenvalue weighted by molar-refractivity contribution is 0.302. The highest BCUT2D eigenvalue weighted by molar-refractivity contribution is 5.85. The van der Waals surface area contributed by atoms with E-state index in [2.05, 4.69) is 43.4 Å². The highest BCUT2D eigenvalue weighted by atomic mass is 35.5. The maximum absolute atomic E-state index is 6.05. The number of nitrogens with one attached hydrogen (secondary N) is 1. The van der Waals surface area contributed by atoms with Crippen LogP contribution in [-0.4, -0.2) is 6.54 Å². The van der Waals surface area contributed by atoms with E-state index >= 15 is 0 Å². The molecule has 0 spiro atoms. The summed E-state index contributed by atoms with van der Waals surface area (Å²) in [5, 5.41) is 3.56. The minimum atomic E-state index is 0. The van der Waals surface area contributed by atoms with E-state index in [9.17, 15) is 0 Å². The summed E-state index contributed by atoms with van der Waals surface area (Å²) in [6, 6.07) is 15.4. The van der Waals surface area contributed by atoms with E-state index in [0.29, 0.717) is 12.6 Å². The second-order valence-corrected chi connectivity index (χ2v) is 5.91. The molecule has 1 fully saturated rings. The SMILES string of the molecule is Cc1cc([C@H]2CCCN2)cc(C)c1OCc1ccccc1.Cl. The quantitative estimate of drug-likeness (QED) is 0.880. The van der Waals surface area contributed by atoms with Crippen LogP contribution >= 0.6 is 12.4 Å². The first-order chi connectivity index (χ1) is 10.2. The van der Waals surface area contributed by atoms with Crippen LogP contribution in [0.15, 0.2) is 42.5 Å². The van der Waals surface area contributed by atoms with Crippen LogP contribution in [0.5, 0.6) is 5.75 Å². The molecule has 2 aromatic rings. The third-order valence-electron chi connectivity index (χ3n) is 4.17. The van der Waals surface area contributed by atoms with Crippen molar-refractivity contribution in [2.45, 2.75) is 39.3 Å². The summed E-state index contributed by atoms with van der Waals surface area (Å²) in [5.41, 5.74) is 5.07. The van der Waals surface area contributed by atoms with Crippen molar-refractivity contribution in [3.05, 3.63) is 64.7 Å². The molecule has 3 heteroatoms. The van der Waals surface area contributed by atoms with Crippen molar-refractivity contribution in [3.8, 4) is 5.75 Å². The van der Waals surface area contributed by atoms with Gasteiger partial charge in [-0.15, -0.1) is 12.4 Å². The molecule has 3 rings (SSSR count). The number of ether oxygens (including phenoxy) is 1. The summed E-state index contributed by atoms with van der Waals surface area (Å²) in [7, 11) is 0. The van der Waals surface area contributed by atoms with Crippen molar-refractivity contribution < 1.29 is 4.74 Å². The minimum Gasteiger partial charge on any atom is -0.488 e. The van der Waals surface area contributed by atoms with Gasteiger partial charge in [0.05, 0.1) is 0 Å². The lowest BCUT2D eigenvalue weighted by Gasteiger charge is -2.17. The maximum Gasteiger partial charge on any atom is 0.125 e. The number of hydrogen-bond donors (Lipinski definition) is 1. The molecule has 22 heavy (non-hydrogen) atoms. The molecule has 1 N–H and O–H groups in total. The molecule has 2 aromatic carbocycles. The van der Waals surface area contributed by atoms with Crippen molar-refractivity contribution >= 4 is 12.4 Å². The molecule has 118 valence electrons. The highest BCUT2D eigenvalue weighted by Crippen LogP contribution is 2.31. The van der Waals surface area contributed by atoms with Crippen molar-refractivity contribution in [2.24, 2.45) is 0 Å². The fourth-order valence-corrected chi connectivity index (χ4v) is 3.11. The van der Waals surface area contributed by atoms with Gasteiger partial charge in [0, 0.05) is 6.04 Å². The summed E-state index contributed by atoms with van der Waals surface area (Å²) in [4.78, 5) is 0. The molecule has 1 heterocycles. The van der Waals surface area contributed by atoms with Gasteiger partial charge in [0.15, 0.2) is 0 Å². The number of rotatable bonds is 4. The van der Waals surface area contributed by atoms with E-state index in [0.717, 1.165) is 12.3 Å². The zero-order chi connectivity index (χ0) is 14.7. The van der Waals surface area contributed by atoms with Gasteiger partial charge in [-0.05, 0) is 55.5 Å². The summed E-state index contributed by atoms with van der Waals surface area (Å²) >= 11 is 0. The average Bonchev–Trinajstić information content (AvgIpc) is 3.01. The fraction of sp³-hybridized carbons (Fsp3) is 0.368. The Morgan fingerprint density at radius 1 is 1.09 bits per heavy atom. The Balaban J connectivity index is 0.00000176. The first-order valence-electron chi connectivity index (χ1n) is 7.75. The summed E-state index contributed by atoms with van der Waals surface area (Å²) in [5.74, 6) is 1.03. The molecule has 1 atom stereocenters. The van der Waals surface area contributed by atoms with Gasteiger partial charge in [-0.25, -0.2) is 0 Å². The Kier molecular flexibility index (Phi) is 5.87. The molecule has 0 bridgehead atoms. The first kappa shape index (κ1) is 16.9. The number of halogens is 1. The van der Waals surface area contributed by atoms with E-state index < -0.39 is 0 Å². The lowest BCUT2D eigenvalue weighted by Crippen LogP contribution is -2.13. The van der Waals surface area contributed by atoms with Gasteiger partial charge in [0.25, 0.3) is 0 Å². The Hall–Kier alpha value is -1.51. The molecule has 1 aliphatic heterocycles. The van der Waals surface area contributed by atoms with E-state index in [1.54, 1.807) is 0 Å². The van der Waals surface area contributed by atoms with Gasteiger partial charge >= 0.3 is 0 Å². The zero-order valence-electron chi connectivity index (χ0n) is 13.3. The van der Waals surface area contributed by atoms with E-state index in [1.807, 2.05) is 18.2 Å². The van der Waals surface area contributed by atoms with Gasteiger partial charge in [-0.1, -0.05) is 42.5 Å². The number of hydrogen-bond acceptors (Lipinski definition) is 2. The molecule has 0 aliphatic carbocycles. The second-order valence-electron chi connectivity index (χ2n) is 5.91. The Labute approximate surface area is 139 Å². The summed E-state index contributed by atoms with van der Waals surface area (Å²) in [6.45, 7) is 6.05. The molecule has 2 nitrogen and oxygen atoms in total. The third kappa shape index (κ3) is 3.82. The van der Waals surface area contributed by atoms with Crippen molar-refractivity contribution in [1.82, 2.24) is 5.32 Å². The normalized spacial score (nSPS) is 17.1. The molecule has 1 saturated heterocycles. The molecule has 1 aliphatic rings. The van der Waals surface area contributed by atoms with E-state index in [1.165, 1.54) is 35.1 Å². The van der Waals surface area contributed by atoms with Gasteiger partial charge in [0.2, 0.25) is 0 Å². The largest absolute Gasteiger partial charge is 0.488 e. The van der Waals surface area contributed by atoms with Crippen molar-refractivity contribution in [1.29, 1.82) is 0 Å². The Morgan fingerprint density at radius 3 is 2.36 bits per heavy atom. The third-order valence-corrected chi connectivity index (χ3v) is 4.17. The van der Waals surface area contributed by atoms with Gasteiger partial charge in [-0.3, -0.25) is 0 Å². The number of benzene rings is 2. The van der Waals surface area contributed by atoms with Gasteiger partial charge < -0.3 is 10.1 Å². The molecular formula is C19H24ClNO. The van der Waals surface area contributed by atoms with Crippen LogP contribution in [0.1, 0.15) is 41.1 Å². The monoisotopic (exact) mass is 317 g/mol. The molecular weight excluding hydrogens is 294 g/mol. The topological polar surface area (TPSA) is 21.3 Å². The van der Waals surface area contributed by atoms with Crippen LogP contribution in [0.25, 0.3) is 0 Å². The van der Waals surface area contributed by atoms with Crippen LogP contribution in [0.2, 0.25) is 0 Å². The highest BCUT2D eigenvalue weighted by Gasteiger charge is 2.18. The standard InChI is InChI=1S/C19H23NO.ClH/c1-14-11-17(18-9-6-10-20-18)12-15(2)19(14)21-13-16-7-4-3-5-8-16;/h3-5,7-8,11-12,18,20H,6,9-10,13H2,1-2H3;1H/t18-;/m1./s1. The first-order valence-corrected chi connectivity index (χ1v) is 7.75. The Bertz CT molecular complexity index is 583. The summed E-state index contributed by atoms with van der Waals surface area (Å²) in [6.07, 6.45) is 2.51. The molecule has 0 amide bonds. The fourth-order valence-electron chi connectivity index (χ4n) is 3.11. The lowest BCUT2D eigenvalue weighted by atomic mass is 9.99. The Morgan fingerprint density at radius 2 is 1.77 bits per heavy atom. The van der Waals surface area contributed by atoms with Crippen LogP contribution < -0.4 is 10.1 Å². The van der Waals surface area contributed by atoms with Crippen LogP contribution in [0.4, 0.5) is 0 Å². The average molecular weight is 318 g/mol. The molecule has 0 aromatic heterocycles. The summed E-state index contributed by atoms with van der Waals surface area (Å²) < 4.78 is 6.05. The van der Waals surface area contributed by atoms with Crippen LogP contribution in [-0.2, 0) is 6.61 Å². The van der Waals surface area contributed by atoms with E-state index in [-0.39, 0.29) is 12.4 Å². The minimum absolute atomic E-state index is 0. The second kappa shape index (κ2) is 7.66. The molecule has 0 radical (unpaired) electrons. The maximum atomic E-state index is 6.05. The van der Waals surface area contributed by atoms with Crippen LogP contribution in [0.3, 0.4) is 0 Å². The molecule has 0 unspecified atom stereocenters. The van der Waals surface area contributed by atoms with Gasteiger partial charge in [0.1, 0.15) is 12.4 Å². The predicted molar refractivity (Wildman–Crippen MR) is 93.9 cm³/mol. The van der Waals surface area contributed by atoms with Gasteiger partial charge in [-0.2, -0.15) is 0 Å². The van der Waals surface area contributed by atoms with Crippen molar-refractivity contribution in [3.63, 3.8) is 0 Å². The number of aryl methyl sites for hydroxylation is 2. The zero-order valence-corrected chi connectivity index (χ0v) is 14.1. The van der Waals surface area contributed by atoms with Crippen molar-refractivity contribution in [2.75, 3.05) is 6.54 Å². The predicted octanol–water partition coefficient (Wildman–Crippen LogP) is 4.73.